The van der Waals surface area contributed by atoms with Crippen molar-refractivity contribution in [1.82, 2.24) is 0 Å². The Hall–Kier alpha value is -2.37. The van der Waals surface area contributed by atoms with Gasteiger partial charge in [0.15, 0.2) is 17.3 Å². The molecular weight excluding hydrogens is 298 g/mol. The van der Waals surface area contributed by atoms with E-state index in [4.69, 9.17) is 9.47 Å². The maximum atomic E-state index is 11.9. The number of carbonyl (C=O) groups is 3. The van der Waals surface area contributed by atoms with E-state index in [-0.39, 0.29) is 35.3 Å². The summed E-state index contributed by atoms with van der Waals surface area (Å²) in [6.07, 6.45) is 1.90. The fraction of sp³-hybridized carbons (Fsp3) is 0.471. The second kappa shape index (κ2) is 8.92. The number of nitrogens with one attached hydrogen (secondary N) is 1. The third-order valence-corrected chi connectivity index (χ3v) is 3.10. The molecule has 0 saturated heterocycles. The summed E-state index contributed by atoms with van der Waals surface area (Å²) in [6.45, 7) is 5.16. The number of ether oxygens (including phenoxy) is 2. The summed E-state index contributed by atoms with van der Waals surface area (Å²) in [5.74, 6) is -0.467. The summed E-state index contributed by atoms with van der Waals surface area (Å²) in [4.78, 5) is 35.3. The first kappa shape index (κ1) is 18.7. The van der Waals surface area contributed by atoms with Gasteiger partial charge in [0, 0.05) is 18.4 Å². The maximum absolute atomic E-state index is 11.9. The van der Waals surface area contributed by atoms with E-state index in [9.17, 15) is 14.4 Å². The molecule has 1 N–H and O–H groups in total. The highest BCUT2D eigenvalue weighted by Crippen LogP contribution is 2.37. The van der Waals surface area contributed by atoms with Crippen molar-refractivity contribution in [2.24, 2.45) is 0 Å². The number of Topliss-reactive ketones (excluding diaryl/α,β-unsaturated/α-hetero) is 1. The van der Waals surface area contributed by atoms with Gasteiger partial charge in [0.25, 0.3) is 0 Å². The molecule has 0 aliphatic carbocycles. The number of anilines is 1. The minimum absolute atomic E-state index is 0.125. The molecule has 0 aliphatic heterocycles. The summed E-state index contributed by atoms with van der Waals surface area (Å²) in [6, 6.07) is 2.99. The summed E-state index contributed by atoms with van der Waals surface area (Å²) >= 11 is 0. The van der Waals surface area contributed by atoms with E-state index in [2.05, 4.69) is 5.32 Å². The molecule has 0 saturated carbocycles. The first-order chi connectivity index (χ1) is 10.9. The van der Waals surface area contributed by atoms with E-state index in [1.807, 2.05) is 13.8 Å². The van der Waals surface area contributed by atoms with Gasteiger partial charge < -0.3 is 14.8 Å². The predicted octanol–water partition coefficient (Wildman–Crippen LogP) is 3.34. The molecule has 0 spiro atoms. The molecule has 0 aliphatic rings. The van der Waals surface area contributed by atoms with Gasteiger partial charge in [-0.25, -0.2) is 0 Å². The van der Waals surface area contributed by atoms with Gasteiger partial charge in [-0.2, -0.15) is 0 Å². The molecule has 1 aromatic rings. The molecular formula is C17H23NO5. The summed E-state index contributed by atoms with van der Waals surface area (Å²) in [5, 5.41) is 2.68. The number of esters is 1. The van der Waals surface area contributed by atoms with Crippen molar-refractivity contribution in [3.63, 3.8) is 0 Å². The third-order valence-electron chi connectivity index (χ3n) is 3.10. The molecule has 1 rings (SSSR count). The topological polar surface area (TPSA) is 81.7 Å². The molecule has 6 heteroatoms. The fourth-order valence-corrected chi connectivity index (χ4v) is 1.96. The van der Waals surface area contributed by atoms with Gasteiger partial charge in [0.1, 0.15) is 0 Å². The Balaban J connectivity index is 3.28. The zero-order chi connectivity index (χ0) is 17.4. The average Bonchev–Trinajstić information content (AvgIpc) is 2.48. The smallest absolute Gasteiger partial charge is 0.311 e. The zero-order valence-electron chi connectivity index (χ0n) is 14.0. The monoisotopic (exact) mass is 321 g/mol. The van der Waals surface area contributed by atoms with Gasteiger partial charge in [-0.05, 0) is 31.9 Å². The number of hydrogen-bond donors (Lipinski definition) is 1. The van der Waals surface area contributed by atoms with Gasteiger partial charge in [-0.15, -0.1) is 0 Å². The van der Waals surface area contributed by atoms with Crippen LogP contribution < -0.4 is 14.8 Å². The van der Waals surface area contributed by atoms with E-state index in [0.29, 0.717) is 24.8 Å². The number of benzene rings is 1. The van der Waals surface area contributed by atoms with Crippen LogP contribution in [0.4, 0.5) is 5.69 Å². The fourth-order valence-electron chi connectivity index (χ4n) is 1.96. The second-order valence-corrected chi connectivity index (χ2v) is 5.13. The van der Waals surface area contributed by atoms with Crippen LogP contribution in [0.5, 0.6) is 11.5 Å². The van der Waals surface area contributed by atoms with Crippen molar-refractivity contribution in [3.8, 4) is 11.5 Å². The second-order valence-electron chi connectivity index (χ2n) is 5.13. The van der Waals surface area contributed by atoms with Crippen molar-refractivity contribution in [2.75, 3.05) is 12.4 Å². The van der Waals surface area contributed by atoms with Crippen LogP contribution in [-0.4, -0.2) is 24.8 Å². The van der Waals surface area contributed by atoms with Gasteiger partial charge in [-0.1, -0.05) is 13.8 Å². The van der Waals surface area contributed by atoms with Crippen LogP contribution >= 0.6 is 0 Å². The largest absolute Gasteiger partial charge is 0.493 e. The summed E-state index contributed by atoms with van der Waals surface area (Å²) in [7, 11) is 1.41. The molecule has 1 amide bonds. The Morgan fingerprint density at radius 3 is 2.26 bits per heavy atom. The Kier molecular flexibility index (Phi) is 7.25. The Labute approximate surface area is 136 Å². The van der Waals surface area contributed by atoms with Gasteiger partial charge in [-0.3, -0.25) is 14.4 Å². The number of ketones is 1. The molecule has 0 unspecified atom stereocenters. The Bertz CT molecular complexity index is 595. The van der Waals surface area contributed by atoms with Crippen molar-refractivity contribution in [2.45, 2.75) is 46.5 Å². The highest BCUT2D eigenvalue weighted by atomic mass is 16.6. The molecule has 0 fully saturated rings. The van der Waals surface area contributed by atoms with Crippen LogP contribution in [0.15, 0.2) is 12.1 Å². The molecule has 0 radical (unpaired) electrons. The van der Waals surface area contributed by atoms with Crippen LogP contribution in [-0.2, 0) is 9.59 Å². The zero-order valence-corrected chi connectivity index (χ0v) is 14.0. The Morgan fingerprint density at radius 1 is 1.09 bits per heavy atom. The van der Waals surface area contributed by atoms with Crippen LogP contribution in [0.3, 0.4) is 0 Å². The number of carbonyl (C=O) groups excluding carboxylic acids is 3. The summed E-state index contributed by atoms with van der Waals surface area (Å²) in [5.41, 5.74) is 0.626. The number of rotatable bonds is 8. The molecule has 0 aromatic heterocycles. The lowest BCUT2D eigenvalue weighted by Crippen LogP contribution is -2.15. The van der Waals surface area contributed by atoms with Gasteiger partial charge in [0.05, 0.1) is 12.8 Å². The molecule has 0 heterocycles. The van der Waals surface area contributed by atoms with E-state index in [1.165, 1.54) is 26.2 Å². The minimum atomic E-state index is -0.424. The van der Waals surface area contributed by atoms with Crippen molar-refractivity contribution < 1.29 is 23.9 Å². The van der Waals surface area contributed by atoms with Crippen LogP contribution in [0.2, 0.25) is 0 Å². The van der Waals surface area contributed by atoms with Gasteiger partial charge >= 0.3 is 5.97 Å². The molecule has 6 nitrogen and oxygen atoms in total. The normalized spacial score (nSPS) is 10.1. The molecule has 23 heavy (non-hydrogen) atoms. The molecule has 1 aromatic carbocycles. The lowest BCUT2D eigenvalue weighted by Gasteiger charge is -2.16. The third kappa shape index (κ3) is 5.39. The highest BCUT2D eigenvalue weighted by Gasteiger charge is 2.19. The average molecular weight is 321 g/mol. The SMILES string of the molecule is CCCC(=O)Nc1cc(C(C)=O)cc(OC)c1OC(=O)CCC. The standard InChI is InChI=1S/C17H23NO5/c1-5-7-15(20)18-13-9-12(11(3)19)10-14(22-4)17(13)23-16(21)8-6-2/h9-10H,5-8H2,1-4H3,(H,18,20). The van der Waals surface area contributed by atoms with Crippen LogP contribution in [0.1, 0.15) is 56.8 Å². The maximum Gasteiger partial charge on any atom is 0.311 e. The number of hydrogen-bond acceptors (Lipinski definition) is 5. The molecule has 0 bridgehead atoms. The summed E-state index contributed by atoms with van der Waals surface area (Å²) < 4.78 is 10.5. The number of amides is 1. The first-order valence-electron chi connectivity index (χ1n) is 7.66. The van der Waals surface area contributed by atoms with Crippen LogP contribution in [0.25, 0.3) is 0 Å². The molecule has 126 valence electrons. The highest BCUT2D eigenvalue weighted by molar-refractivity contribution is 5.99. The first-order valence-corrected chi connectivity index (χ1v) is 7.66. The van der Waals surface area contributed by atoms with E-state index in [1.54, 1.807) is 0 Å². The quantitative estimate of drug-likeness (QED) is 0.451. The minimum Gasteiger partial charge on any atom is -0.493 e. The van der Waals surface area contributed by atoms with E-state index < -0.39 is 5.97 Å². The lowest BCUT2D eigenvalue weighted by molar-refractivity contribution is -0.134. The van der Waals surface area contributed by atoms with Crippen LogP contribution in [0, 0.1) is 0 Å². The van der Waals surface area contributed by atoms with Gasteiger partial charge in [0.2, 0.25) is 5.91 Å². The Morgan fingerprint density at radius 2 is 1.74 bits per heavy atom. The van der Waals surface area contributed by atoms with E-state index >= 15 is 0 Å². The molecule has 0 atom stereocenters. The van der Waals surface area contributed by atoms with E-state index in [0.717, 1.165) is 0 Å². The lowest BCUT2D eigenvalue weighted by atomic mass is 10.1. The number of methoxy groups -OCH3 is 1. The van der Waals surface area contributed by atoms with Crippen molar-refractivity contribution in [3.05, 3.63) is 17.7 Å². The van der Waals surface area contributed by atoms with Crippen molar-refractivity contribution >= 4 is 23.3 Å². The predicted molar refractivity (Wildman–Crippen MR) is 87.1 cm³/mol. The van der Waals surface area contributed by atoms with Crippen molar-refractivity contribution in [1.29, 1.82) is 0 Å².